The van der Waals surface area contributed by atoms with E-state index in [1.54, 1.807) is 0 Å². The first-order valence-corrected chi connectivity index (χ1v) is 7.16. The standard InChI is InChI=1S/C15H22O4/c1-4-11-9-5-12-10(8(2)13(16)19-12)6-15(11,3)14(17)18-7-9/h9-12,14,17H,2,4-7H2,1,3H3/t9-,10+,11+,12-,14-,15-/m0/s1. The van der Waals surface area contributed by atoms with E-state index >= 15 is 0 Å². The fourth-order valence-electron chi connectivity index (χ4n) is 4.44. The number of hydrogen-bond acceptors (Lipinski definition) is 4. The summed E-state index contributed by atoms with van der Waals surface area (Å²) < 4.78 is 11.0. The lowest BCUT2D eigenvalue weighted by Gasteiger charge is -2.47. The van der Waals surface area contributed by atoms with Crippen LogP contribution in [0.1, 0.15) is 33.1 Å². The maximum Gasteiger partial charge on any atom is 0.334 e. The molecule has 4 nitrogen and oxygen atoms in total. The summed E-state index contributed by atoms with van der Waals surface area (Å²) in [7, 11) is 0. The van der Waals surface area contributed by atoms with Gasteiger partial charge in [-0.1, -0.05) is 26.8 Å². The number of esters is 1. The fraction of sp³-hybridized carbons (Fsp3) is 0.800. The summed E-state index contributed by atoms with van der Waals surface area (Å²) in [5.74, 6) is 0.537. The van der Waals surface area contributed by atoms with Crippen LogP contribution < -0.4 is 0 Å². The molecular formula is C15H22O4. The van der Waals surface area contributed by atoms with Gasteiger partial charge >= 0.3 is 5.97 Å². The molecule has 6 atom stereocenters. The van der Waals surface area contributed by atoms with Crippen LogP contribution in [0.2, 0.25) is 0 Å². The van der Waals surface area contributed by atoms with Gasteiger partial charge in [0.2, 0.25) is 0 Å². The molecule has 2 saturated heterocycles. The first-order chi connectivity index (χ1) is 8.97. The number of fused-ring (bicyclic) bond motifs is 3. The zero-order valence-electron chi connectivity index (χ0n) is 11.6. The van der Waals surface area contributed by atoms with Crippen molar-refractivity contribution in [2.45, 2.75) is 45.5 Å². The average Bonchev–Trinajstić information content (AvgIpc) is 2.57. The molecule has 3 fully saturated rings. The quantitative estimate of drug-likeness (QED) is 0.581. The van der Waals surface area contributed by atoms with E-state index in [1.807, 2.05) is 0 Å². The van der Waals surface area contributed by atoms with Gasteiger partial charge in [-0.15, -0.1) is 0 Å². The van der Waals surface area contributed by atoms with E-state index in [0.717, 1.165) is 19.3 Å². The average molecular weight is 266 g/mol. The summed E-state index contributed by atoms with van der Waals surface area (Å²) >= 11 is 0. The van der Waals surface area contributed by atoms with E-state index in [4.69, 9.17) is 9.47 Å². The third kappa shape index (κ3) is 1.77. The van der Waals surface area contributed by atoms with Crippen molar-refractivity contribution in [3.8, 4) is 0 Å². The second-order valence-electron chi connectivity index (χ2n) is 6.48. The van der Waals surface area contributed by atoms with Gasteiger partial charge in [-0.25, -0.2) is 4.79 Å². The van der Waals surface area contributed by atoms with Crippen molar-refractivity contribution in [2.75, 3.05) is 6.61 Å². The Morgan fingerprint density at radius 2 is 2.26 bits per heavy atom. The van der Waals surface area contributed by atoms with Crippen LogP contribution in [0.25, 0.3) is 0 Å². The molecule has 0 amide bonds. The van der Waals surface area contributed by atoms with Crippen molar-refractivity contribution in [1.82, 2.24) is 0 Å². The van der Waals surface area contributed by atoms with Crippen molar-refractivity contribution in [2.24, 2.45) is 23.2 Å². The van der Waals surface area contributed by atoms with Crippen LogP contribution in [-0.4, -0.2) is 30.1 Å². The highest BCUT2D eigenvalue weighted by Crippen LogP contribution is 2.54. The molecule has 106 valence electrons. The molecule has 0 radical (unpaired) electrons. The molecule has 0 aromatic heterocycles. The Morgan fingerprint density at radius 1 is 1.53 bits per heavy atom. The normalized spacial score (nSPS) is 49.5. The van der Waals surface area contributed by atoms with E-state index in [0.29, 0.717) is 24.0 Å². The van der Waals surface area contributed by atoms with Gasteiger partial charge in [-0.05, 0) is 24.7 Å². The molecule has 19 heavy (non-hydrogen) atoms. The molecule has 0 aromatic rings. The van der Waals surface area contributed by atoms with Crippen molar-refractivity contribution in [3.05, 3.63) is 12.2 Å². The molecule has 0 unspecified atom stereocenters. The van der Waals surface area contributed by atoms with Gasteiger partial charge in [0, 0.05) is 16.9 Å². The number of hydrogen-bond donors (Lipinski definition) is 1. The van der Waals surface area contributed by atoms with E-state index in [9.17, 15) is 9.90 Å². The minimum absolute atomic E-state index is 0.0351. The Kier molecular flexibility index (Phi) is 2.98. The van der Waals surface area contributed by atoms with Gasteiger partial charge in [0.05, 0.1) is 6.61 Å². The molecule has 4 heteroatoms. The van der Waals surface area contributed by atoms with Crippen molar-refractivity contribution in [3.63, 3.8) is 0 Å². The maximum absolute atomic E-state index is 11.7. The van der Waals surface area contributed by atoms with Gasteiger partial charge in [0.15, 0.2) is 6.29 Å². The van der Waals surface area contributed by atoms with Crippen LogP contribution in [0.3, 0.4) is 0 Å². The van der Waals surface area contributed by atoms with Crippen LogP contribution in [0.15, 0.2) is 12.2 Å². The van der Waals surface area contributed by atoms with Crippen LogP contribution in [0.4, 0.5) is 0 Å². The number of carbonyl (C=O) groups is 1. The smallest absolute Gasteiger partial charge is 0.334 e. The lowest BCUT2D eigenvalue weighted by molar-refractivity contribution is -0.240. The first-order valence-electron chi connectivity index (χ1n) is 7.16. The lowest BCUT2D eigenvalue weighted by Crippen LogP contribution is -2.49. The number of ether oxygens (including phenoxy) is 2. The predicted molar refractivity (Wildman–Crippen MR) is 69.1 cm³/mol. The van der Waals surface area contributed by atoms with Crippen LogP contribution in [-0.2, 0) is 14.3 Å². The van der Waals surface area contributed by atoms with Crippen LogP contribution in [0, 0.1) is 23.2 Å². The summed E-state index contributed by atoms with van der Waals surface area (Å²) in [4.78, 5) is 11.7. The minimum atomic E-state index is -0.754. The Labute approximate surface area is 113 Å². The Hall–Kier alpha value is -0.870. The molecule has 2 bridgehead atoms. The zero-order valence-corrected chi connectivity index (χ0v) is 11.6. The molecule has 1 saturated carbocycles. The van der Waals surface area contributed by atoms with Crippen molar-refractivity contribution < 1.29 is 19.4 Å². The predicted octanol–water partition coefficient (Wildman–Crippen LogP) is 1.88. The largest absolute Gasteiger partial charge is 0.458 e. The second-order valence-corrected chi connectivity index (χ2v) is 6.48. The summed E-state index contributed by atoms with van der Waals surface area (Å²) in [5.41, 5.74) is 0.259. The van der Waals surface area contributed by atoms with E-state index in [-0.39, 0.29) is 23.4 Å². The Balaban J connectivity index is 1.98. The Morgan fingerprint density at radius 3 is 2.95 bits per heavy atom. The number of rotatable bonds is 1. The van der Waals surface area contributed by atoms with E-state index in [1.165, 1.54) is 0 Å². The summed E-state index contributed by atoms with van der Waals surface area (Å²) in [6.07, 6.45) is 1.74. The number of carbonyl (C=O) groups excluding carboxylic acids is 1. The van der Waals surface area contributed by atoms with E-state index < -0.39 is 6.29 Å². The highest BCUT2D eigenvalue weighted by atomic mass is 16.6. The molecule has 0 aromatic carbocycles. The molecule has 0 spiro atoms. The molecule has 3 rings (SSSR count). The topological polar surface area (TPSA) is 55.8 Å². The van der Waals surface area contributed by atoms with Gasteiger partial charge in [-0.3, -0.25) is 0 Å². The molecule has 2 aliphatic heterocycles. The third-order valence-corrected chi connectivity index (χ3v) is 5.50. The minimum Gasteiger partial charge on any atom is -0.458 e. The van der Waals surface area contributed by atoms with Gasteiger partial charge in [-0.2, -0.15) is 0 Å². The summed E-state index contributed by atoms with van der Waals surface area (Å²) in [5, 5.41) is 10.3. The first kappa shape index (κ1) is 13.1. The summed E-state index contributed by atoms with van der Waals surface area (Å²) in [6.45, 7) is 8.69. The molecular weight excluding hydrogens is 244 g/mol. The van der Waals surface area contributed by atoms with E-state index in [2.05, 4.69) is 20.4 Å². The number of aliphatic hydroxyl groups excluding tert-OH is 1. The highest BCUT2D eigenvalue weighted by molar-refractivity contribution is 5.90. The SMILES string of the molecule is C=C1C(=O)O[C@H]2C[C@H]3CO[C@H](O)[C@@](C)(C[C@H]12)[C@@H]3CC. The van der Waals surface area contributed by atoms with Gasteiger partial charge in [0.25, 0.3) is 0 Å². The van der Waals surface area contributed by atoms with Crippen molar-refractivity contribution in [1.29, 1.82) is 0 Å². The molecule has 1 N–H and O–H groups in total. The maximum atomic E-state index is 11.7. The highest BCUT2D eigenvalue weighted by Gasteiger charge is 2.56. The van der Waals surface area contributed by atoms with Crippen molar-refractivity contribution >= 4 is 5.97 Å². The van der Waals surface area contributed by atoms with Gasteiger partial charge in [0.1, 0.15) is 6.10 Å². The summed E-state index contributed by atoms with van der Waals surface area (Å²) in [6, 6.07) is 0. The van der Waals surface area contributed by atoms with Crippen LogP contribution in [0.5, 0.6) is 0 Å². The molecule has 1 aliphatic carbocycles. The zero-order chi connectivity index (χ0) is 13.8. The Bertz CT molecular complexity index is 418. The lowest BCUT2D eigenvalue weighted by atomic mass is 9.65. The fourth-order valence-corrected chi connectivity index (χ4v) is 4.44. The number of aliphatic hydroxyl groups is 1. The van der Waals surface area contributed by atoms with Gasteiger partial charge < -0.3 is 14.6 Å². The monoisotopic (exact) mass is 266 g/mol. The third-order valence-electron chi connectivity index (χ3n) is 5.50. The van der Waals surface area contributed by atoms with Crippen LogP contribution >= 0.6 is 0 Å². The second kappa shape index (κ2) is 4.32. The molecule has 2 heterocycles. The molecule has 3 aliphatic rings.